The summed E-state index contributed by atoms with van der Waals surface area (Å²) in [6.45, 7) is 7.13. The van der Waals surface area contributed by atoms with E-state index in [1.54, 1.807) is 0 Å². The van der Waals surface area contributed by atoms with Crippen LogP contribution in [0, 0.1) is 0 Å². The van der Waals surface area contributed by atoms with Crippen LogP contribution < -0.4 is 4.74 Å². The van der Waals surface area contributed by atoms with Crippen molar-refractivity contribution in [3.8, 4) is 5.75 Å². The summed E-state index contributed by atoms with van der Waals surface area (Å²) in [5, 5.41) is 0. The topological polar surface area (TPSA) is 39.4 Å². The number of hydrogen-bond acceptors (Lipinski definition) is 3. The molecule has 0 bridgehead atoms. The molecule has 4 heteroatoms. The third-order valence-corrected chi connectivity index (χ3v) is 3.47. The molecule has 1 aromatic heterocycles. The molecule has 0 atom stereocenters. The molecule has 3 rings (SSSR count). The Morgan fingerprint density at radius 1 is 1.17 bits per heavy atom. The van der Waals surface area contributed by atoms with Crippen molar-refractivity contribution >= 4 is 23.2 Å². The molecule has 0 aliphatic carbocycles. The first-order chi connectivity index (χ1) is 11.3. The van der Waals surface area contributed by atoms with Crippen molar-refractivity contribution in [3.05, 3.63) is 66.7 Å². The molecule has 0 N–H and O–H groups in total. The van der Waals surface area contributed by atoms with Crippen molar-refractivity contribution in [2.24, 2.45) is 4.99 Å². The summed E-state index contributed by atoms with van der Waals surface area (Å²) >= 11 is 0. The van der Waals surface area contributed by atoms with E-state index in [9.17, 15) is 0 Å². The minimum atomic E-state index is 0.666. The van der Waals surface area contributed by atoms with Crippen LogP contribution in [0.2, 0.25) is 0 Å². The zero-order valence-electron chi connectivity index (χ0n) is 13.1. The van der Waals surface area contributed by atoms with Gasteiger partial charge in [-0.2, -0.15) is 0 Å². The predicted octanol–water partition coefficient (Wildman–Crippen LogP) is 4.37. The number of para-hydroxylation sites is 2. The molecule has 4 nitrogen and oxygen atoms in total. The van der Waals surface area contributed by atoms with Gasteiger partial charge in [-0.15, -0.1) is 6.58 Å². The summed E-state index contributed by atoms with van der Waals surface area (Å²) in [5.74, 6) is 1.54. The molecular formula is C19H19N3O. The summed E-state index contributed by atoms with van der Waals surface area (Å²) in [6, 6.07) is 15.9. The van der Waals surface area contributed by atoms with Crippen molar-refractivity contribution in [2.45, 2.75) is 13.5 Å². The number of benzene rings is 2. The van der Waals surface area contributed by atoms with Crippen molar-refractivity contribution < 1.29 is 4.74 Å². The molecule has 0 radical (unpaired) electrons. The van der Waals surface area contributed by atoms with Gasteiger partial charge in [-0.1, -0.05) is 18.2 Å². The second-order valence-electron chi connectivity index (χ2n) is 5.06. The molecule has 0 saturated carbocycles. The monoisotopic (exact) mass is 305 g/mol. The van der Waals surface area contributed by atoms with Gasteiger partial charge in [-0.25, -0.2) is 9.98 Å². The largest absolute Gasteiger partial charge is 0.494 e. The van der Waals surface area contributed by atoms with Crippen LogP contribution in [0.5, 0.6) is 5.75 Å². The SMILES string of the molecule is C=CCn1c(N=Cc2ccc(OCC)cc2)nc2ccccc21. The Morgan fingerprint density at radius 3 is 2.70 bits per heavy atom. The second-order valence-corrected chi connectivity index (χ2v) is 5.06. The lowest BCUT2D eigenvalue weighted by atomic mass is 10.2. The van der Waals surface area contributed by atoms with Gasteiger partial charge in [0.2, 0.25) is 5.95 Å². The lowest BCUT2D eigenvalue weighted by Gasteiger charge is -2.03. The van der Waals surface area contributed by atoms with Gasteiger partial charge in [0.15, 0.2) is 0 Å². The van der Waals surface area contributed by atoms with Crippen LogP contribution in [0.1, 0.15) is 12.5 Å². The average molecular weight is 305 g/mol. The molecule has 0 unspecified atom stereocenters. The lowest BCUT2D eigenvalue weighted by Crippen LogP contribution is -1.94. The third-order valence-electron chi connectivity index (χ3n) is 3.47. The predicted molar refractivity (Wildman–Crippen MR) is 94.8 cm³/mol. The van der Waals surface area contributed by atoms with Crippen molar-refractivity contribution in [3.63, 3.8) is 0 Å². The maximum atomic E-state index is 5.44. The normalized spacial score (nSPS) is 11.2. The molecule has 0 aliphatic heterocycles. The Balaban J connectivity index is 1.90. The minimum Gasteiger partial charge on any atom is -0.494 e. The molecule has 0 amide bonds. The van der Waals surface area contributed by atoms with Crippen molar-refractivity contribution in [1.82, 2.24) is 9.55 Å². The van der Waals surface area contributed by atoms with E-state index in [2.05, 4.69) is 16.6 Å². The Kier molecular flexibility index (Phi) is 4.52. The van der Waals surface area contributed by atoms with E-state index in [-0.39, 0.29) is 0 Å². The Labute approximate surface area is 135 Å². The first kappa shape index (κ1) is 15.0. The fraction of sp³-hybridized carbons (Fsp3) is 0.158. The molecule has 1 heterocycles. The standard InChI is InChI=1S/C19H19N3O/c1-3-13-22-18-8-6-5-7-17(18)21-19(22)20-14-15-9-11-16(12-10-15)23-4-2/h3,5-12,14H,1,4,13H2,2H3. The fourth-order valence-electron chi connectivity index (χ4n) is 2.42. The highest BCUT2D eigenvalue weighted by Crippen LogP contribution is 2.21. The smallest absolute Gasteiger partial charge is 0.230 e. The highest BCUT2D eigenvalue weighted by Gasteiger charge is 2.07. The van der Waals surface area contributed by atoms with E-state index in [1.807, 2.05) is 72.3 Å². The van der Waals surface area contributed by atoms with Gasteiger partial charge in [0, 0.05) is 12.8 Å². The molecular weight excluding hydrogens is 286 g/mol. The summed E-state index contributed by atoms with van der Waals surface area (Å²) in [5.41, 5.74) is 3.00. The lowest BCUT2D eigenvalue weighted by molar-refractivity contribution is 0.340. The van der Waals surface area contributed by atoms with E-state index in [0.717, 1.165) is 22.3 Å². The molecule has 0 spiro atoms. The van der Waals surface area contributed by atoms with Gasteiger partial charge in [0.05, 0.1) is 17.6 Å². The number of hydrogen-bond donors (Lipinski definition) is 0. The third kappa shape index (κ3) is 3.31. The van der Waals surface area contributed by atoms with Crippen LogP contribution in [0.25, 0.3) is 11.0 Å². The fourth-order valence-corrected chi connectivity index (χ4v) is 2.42. The number of imidazole rings is 1. The first-order valence-corrected chi connectivity index (χ1v) is 7.65. The molecule has 116 valence electrons. The summed E-state index contributed by atoms with van der Waals surface area (Å²) < 4.78 is 7.49. The van der Waals surface area contributed by atoms with Gasteiger partial charge in [0.25, 0.3) is 0 Å². The number of ether oxygens (including phenoxy) is 1. The summed E-state index contributed by atoms with van der Waals surface area (Å²) in [6.07, 6.45) is 3.67. The van der Waals surface area contributed by atoms with Crippen LogP contribution in [-0.2, 0) is 6.54 Å². The zero-order chi connectivity index (χ0) is 16.1. The zero-order valence-corrected chi connectivity index (χ0v) is 13.1. The molecule has 2 aromatic carbocycles. The number of aliphatic imine (C=N–C) groups is 1. The van der Waals surface area contributed by atoms with Crippen LogP contribution in [-0.4, -0.2) is 22.4 Å². The van der Waals surface area contributed by atoms with Crippen molar-refractivity contribution in [2.75, 3.05) is 6.61 Å². The quantitative estimate of drug-likeness (QED) is 0.501. The van der Waals surface area contributed by atoms with Gasteiger partial charge < -0.3 is 9.30 Å². The van der Waals surface area contributed by atoms with Crippen LogP contribution in [0.15, 0.2) is 66.2 Å². The van der Waals surface area contributed by atoms with E-state index >= 15 is 0 Å². The Bertz CT molecular complexity index is 831. The average Bonchev–Trinajstić information content (AvgIpc) is 2.93. The number of aromatic nitrogens is 2. The second kappa shape index (κ2) is 6.92. The Morgan fingerprint density at radius 2 is 1.96 bits per heavy atom. The van der Waals surface area contributed by atoms with Crippen LogP contribution in [0.4, 0.5) is 5.95 Å². The molecule has 23 heavy (non-hydrogen) atoms. The Hall–Kier alpha value is -2.88. The molecule has 0 saturated heterocycles. The molecule has 0 fully saturated rings. The van der Waals surface area contributed by atoms with Gasteiger partial charge in [-0.05, 0) is 48.9 Å². The molecule has 0 aliphatic rings. The number of nitrogens with zero attached hydrogens (tertiary/aromatic N) is 3. The minimum absolute atomic E-state index is 0.666. The molecule has 3 aromatic rings. The number of fused-ring (bicyclic) bond motifs is 1. The van der Waals surface area contributed by atoms with E-state index in [4.69, 9.17) is 4.74 Å². The van der Waals surface area contributed by atoms with Gasteiger partial charge in [0.1, 0.15) is 5.75 Å². The van der Waals surface area contributed by atoms with Crippen LogP contribution in [0.3, 0.4) is 0 Å². The van der Waals surface area contributed by atoms with E-state index in [1.165, 1.54) is 0 Å². The number of allylic oxidation sites excluding steroid dienone is 1. The first-order valence-electron chi connectivity index (χ1n) is 7.65. The highest BCUT2D eigenvalue weighted by atomic mass is 16.5. The van der Waals surface area contributed by atoms with Gasteiger partial charge >= 0.3 is 0 Å². The maximum Gasteiger partial charge on any atom is 0.230 e. The van der Waals surface area contributed by atoms with E-state index < -0.39 is 0 Å². The van der Waals surface area contributed by atoms with Crippen LogP contribution >= 0.6 is 0 Å². The summed E-state index contributed by atoms with van der Waals surface area (Å²) in [4.78, 5) is 9.13. The maximum absolute atomic E-state index is 5.44. The van der Waals surface area contributed by atoms with Crippen molar-refractivity contribution in [1.29, 1.82) is 0 Å². The highest BCUT2D eigenvalue weighted by molar-refractivity contribution is 5.83. The number of rotatable bonds is 6. The van der Waals surface area contributed by atoms with Gasteiger partial charge in [-0.3, -0.25) is 0 Å². The van der Waals surface area contributed by atoms with E-state index in [0.29, 0.717) is 19.1 Å². The summed E-state index contributed by atoms with van der Waals surface area (Å²) in [7, 11) is 0.